The number of hydrogen-bond donors (Lipinski definition) is 2. The Morgan fingerprint density at radius 1 is 1.60 bits per heavy atom. The van der Waals surface area contributed by atoms with Gasteiger partial charge < -0.3 is 10.6 Å². The van der Waals surface area contributed by atoms with Crippen molar-refractivity contribution in [3.05, 3.63) is 22.3 Å². The number of nitrogens with two attached hydrogens (primary N) is 1. The summed E-state index contributed by atoms with van der Waals surface area (Å²) >= 11 is 1.66. The average molecular weight is 223 g/mol. The van der Waals surface area contributed by atoms with Crippen LogP contribution in [0.25, 0.3) is 0 Å². The molecule has 0 aliphatic carbocycles. The highest BCUT2D eigenvalue weighted by Crippen LogP contribution is 2.20. The first kappa shape index (κ1) is 9.97. The fourth-order valence-electron chi connectivity index (χ4n) is 1.40. The number of rotatable bonds is 3. The fraction of sp³-hybridized carbons (Fsp3) is 0.333. The van der Waals surface area contributed by atoms with Crippen molar-refractivity contribution in [3.63, 3.8) is 0 Å². The van der Waals surface area contributed by atoms with Gasteiger partial charge in [0.2, 0.25) is 0 Å². The minimum Gasteiger partial charge on any atom is -0.382 e. The summed E-state index contributed by atoms with van der Waals surface area (Å²) in [4.78, 5) is 6.42. The molecule has 2 heterocycles. The Morgan fingerprint density at radius 2 is 2.40 bits per heavy atom. The van der Waals surface area contributed by atoms with Crippen LogP contribution in [-0.2, 0) is 6.54 Å². The van der Waals surface area contributed by atoms with Gasteiger partial charge in [0.05, 0.1) is 29.1 Å². The van der Waals surface area contributed by atoms with Crippen LogP contribution in [0.15, 0.2) is 11.6 Å². The van der Waals surface area contributed by atoms with E-state index in [0.29, 0.717) is 5.82 Å². The third-order valence-electron chi connectivity index (χ3n) is 2.12. The van der Waals surface area contributed by atoms with Crippen molar-refractivity contribution in [1.82, 2.24) is 15.2 Å². The van der Waals surface area contributed by atoms with E-state index in [-0.39, 0.29) is 0 Å². The minimum atomic E-state index is 0.587. The van der Waals surface area contributed by atoms with Gasteiger partial charge in [-0.15, -0.1) is 11.3 Å². The molecular weight excluding hydrogens is 210 g/mol. The summed E-state index contributed by atoms with van der Waals surface area (Å²) in [5, 5.41) is 9.73. The van der Waals surface area contributed by atoms with Crippen LogP contribution in [0, 0.1) is 6.92 Å². The molecule has 0 aliphatic rings. The number of hydrogen-bond acceptors (Lipinski definition) is 5. The SMILES string of the molecule is Cc1nc(CN(C)c2cn[nH]c2N)cs1. The number of aromatic amines is 1. The maximum absolute atomic E-state index is 5.72. The number of nitrogen functional groups attached to an aromatic ring is 1. The first-order valence-corrected chi connectivity index (χ1v) is 5.46. The fourth-order valence-corrected chi connectivity index (χ4v) is 2.01. The Bertz CT molecular complexity index is 447. The van der Waals surface area contributed by atoms with Crippen molar-refractivity contribution >= 4 is 22.8 Å². The molecule has 3 N–H and O–H groups in total. The van der Waals surface area contributed by atoms with Gasteiger partial charge in [0, 0.05) is 12.4 Å². The number of aryl methyl sites for hydroxylation is 1. The Morgan fingerprint density at radius 3 is 2.93 bits per heavy atom. The predicted octanol–water partition coefficient (Wildman–Crippen LogP) is 1.39. The summed E-state index contributed by atoms with van der Waals surface area (Å²) in [6, 6.07) is 0. The summed E-state index contributed by atoms with van der Waals surface area (Å²) in [5.41, 5.74) is 7.68. The van der Waals surface area contributed by atoms with Gasteiger partial charge in [0.25, 0.3) is 0 Å². The molecule has 0 spiro atoms. The normalized spacial score (nSPS) is 10.5. The molecule has 2 aromatic rings. The molecule has 0 aliphatic heterocycles. The molecule has 80 valence electrons. The molecule has 0 saturated carbocycles. The summed E-state index contributed by atoms with van der Waals surface area (Å²) in [5.74, 6) is 0.587. The highest BCUT2D eigenvalue weighted by atomic mass is 32.1. The van der Waals surface area contributed by atoms with Gasteiger partial charge >= 0.3 is 0 Å². The maximum Gasteiger partial charge on any atom is 0.142 e. The van der Waals surface area contributed by atoms with E-state index >= 15 is 0 Å². The Balaban J connectivity index is 2.10. The number of nitrogens with one attached hydrogen (secondary N) is 1. The molecule has 0 saturated heterocycles. The van der Waals surface area contributed by atoms with Gasteiger partial charge in [-0.3, -0.25) is 5.10 Å². The number of aromatic nitrogens is 3. The van der Waals surface area contributed by atoms with E-state index in [1.54, 1.807) is 17.5 Å². The smallest absolute Gasteiger partial charge is 0.142 e. The second-order valence-electron chi connectivity index (χ2n) is 3.38. The molecule has 6 heteroatoms. The quantitative estimate of drug-likeness (QED) is 0.825. The largest absolute Gasteiger partial charge is 0.382 e. The van der Waals surface area contributed by atoms with Crippen LogP contribution in [0.2, 0.25) is 0 Å². The first-order valence-electron chi connectivity index (χ1n) is 4.58. The lowest BCUT2D eigenvalue weighted by Gasteiger charge is -2.16. The minimum absolute atomic E-state index is 0.587. The molecule has 0 amide bonds. The van der Waals surface area contributed by atoms with Gasteiger partial charge in [-0.25, -0.2) is 4.98 Å². The zero-order chi connectivity index (χ0) is 10.8. The van der Waals surface area contributed by atoms with Crippen molar-refractivity contribution in [2.45, 2.75) is 13.5 Å². The number of H-pyrrole nitrogens is 1. The summed E-state index contributed by atoms with van der Waals surface area (Å²) in [6.07, 6.45) is 1.72. The molecule has 0 unspecified atom stereocenters. The van der Waals surface area contributed by atoms with Crippen molar-refractivity contribution in [2.75, 3.05) is 17.7 Å². The molecule has 2 aromatic heterocycles. The van der Waals surface area contributed by atoms with E-state index in [1.165, 1.54) is 0 Å². The van der Waals surface area contributed by atoms with E-state index < -0.39 is 0 Å². The maximum atomic E-state index is 5.72. The third-order valence-corrected chi connectivity index (χ3v) is 2.95. The zero-order valence-corrected chi connectivity index (χ0v) is 9.51. The van der Waals surface area contributed by atoms with Crippen LogP contribution in [0.3, 0.4) is 0 Å². The Labute approximate surface area is 91.9 Å². The van der Waals surface area contributed by atoms with Gasteiger partial charge in [0.15, 0.2) is 0 Å². The van der Waals surface area contributed by atoms with Crippen molar-refractivity contribution in [3.8, 4) is 0 Å². The van der Waals surface area contributed by atoms with Crippen LogP contribution in [0.1, 0.15) is 10.7 Å². The molecule has 5 nitrogen and oxygen atoms in total. The van der Waals surface area contributed by atoms with Crippen molar-refractivity contribution in [2.24, 2.45) is 0 Å². The van der Waals surface area contributed by atoms with Crippen molar-refractivity contribution in [1.29, 1.82) is 0 Å². The monoisotopic (exact) mass is 223 g/mol. The second kappa shape index (κ2) is 3.90. The predicted molar refractivity (Wildman–Crippen MR) is 62.0 cm³/mol. The number of anilines is 2. The average Bonchev–Trinajstić information content (AvgIpc) is 2.75. The van der Waals surface area contributed by atoms with E-state index in [1.807, 2.05) is 18.9 Å². The molecule has 2 rings (SSSR count). The third kappa shape index (κ3) is 2.10. The molecule has 0 bridgehead atoms. The molecule has 0 atom stereocenters. The first-order chi connectivity index (χ1) is 7.16. The lowest BCUT2D eigenvalue weighted by Crippen LogP contribution is -2.17. The molecule has 0 fully saturated rings. The summed E-state index contributed by atoms with van der Waals surface area (Å²) in [7, 11) is 1.97. The Kier molecular flexibility index (Phi) is 2.59. The van der Waals surface area contributed by atoms with E-state index in [2.05, 4.69) is 20.6 Å². The van der Waals surface area contributed by atoms with Crippen LogP contribution in [0.4, 0.5) is 11.5 Å². The summed E-state index contributed by atoms with van der Waals surface area (Å²) < 4.78 is 0. The highest BCUT2D eigenvalue weighted by molar-refractivity contribution is 7.09. The molecule has 0 aromatic carbocycles. The van der Waals surface area contributed by atoms with Gasteiger partial charge in [-0.05, 0) is 6.92 Å². The van der Waals surface area contributed by atoms with Crippen LogP contribution >= 0.6 is 11.3 Å². The van der Waals surface area contributed by atoms with Gasteiger partial charge in [0.1, 0.15) is 5.82 Å². The lowest BCUT2D eigenvalue weighted by atomic mass is 10.4. The number of thiazole rings is 1. The molecular formula is C9H13N5S. The second-order valence-corrected chi connectivity index (χ2v) is 4.45. The lowest BCUT2D eigenvalue weighted by molar-refractivity contribution is 0.892. The summed E-state index contributed by atoms with van der Waals surface area (Å²) in [6.45, 7) is 2.74. The topological polar surface area (TPSA) is 70.8 Å². The molecule has 15 heavy (non-hydrogen) atoms. The molecule has 0 radical (unpaired) electrons. The number of nitrogens with zero attached hydrogens (tertiary/aromatic N) is 3. The van der Waals surface area contributed by atoms with E-state index in [4.69, 9.17) is 5.73 Å². The van der Waals surface area contributed by atoms with E-state index in [9.17, 15) is 0 Å². The van der Waals surface area contributed by atoms with Gasteiger partial charge in [-0.1, -0.05) is 0 Å². The van der Waals surface area contributed by atoms with Crippen LogP contribution in [-0.4, -0.2) is 22.2 Å². The Hall–Kier alpha value is -1.56. The van der Waals surface area contributed by atoms with Crippen LogP contribution in [0.5, 0.6) is 0 Å². The van der Waals surface area contributed by atoms with Crippen LogP contribution < -0.4 is 10.6 Å². The highest BCUT2D eigenvalue weighted by Gasteiger charge is 2.08. The zero-order valence-electron chi connectivity index (χ0n) is 8.69. The van der Waals surface area contributed by atoms with E-state index in [0.717, 1.165) is 22.9 Å². The van der Waals surface area contributed by atoms with Crippen molar-refractivity contribution < 1.29 is 0 Å². The van der Waals surface area contributed by atoms with Gasteiger partial charge in [-0.2, -0.15) is 5.10 Å². The standard InChI is InChI=1S/C9H13N5S/c1-6-12-7(5-15-6)4-14(2)8-3-11-13-9(8)10/h3,5H,4H2,1-2H3,(H3,10,11,13).